The molecule has 4 heterocycles. The summed E-state index contributed by atoms with van der Waals surface area (Å²) in [6.07, 6.45) is 6.05. The minimum atomic E-state index is -1.05. The van der Waals surface area contributed by atoms with Crippen molar-refractivity contribution < 1.29 is 4.39 Å². The van der Waals surface area contributed by atoms with E-state index in [9.17, 15) is 4.39 Å². The number of pyridine rings is 1. The van der Waals surface area contributed by atoms with Gasteiger partial charge in [0.2, 0.25) is 5.95 Å². The van der Waals surface area contributed by atoms with Crippen molar-refractivity contribution in [1.82, 2.24) is 29.1 Å². The van der Waals surface area contributed by atoms with Crippen LogP contribution >= 0.6 is 9.24 Å². The number of nitrogens with one attached hydrogen (secondary N) is 1. The molecular weight excluding hydrogens is 388 g/mol. The van der Waals surface area contributed by atoms with Gasteiger partial charge in [-0.1, -0.05) is 16.2 Å². The molecule has 0 spiro atoms. The van der Waals surface area contributed by atoms with Crippen molar-refractivity contribution in [2.45, 2.75) is 45.2 Å². The topological polar surface area (TPSA) is 72.9 Å². The van der Waals surface area contributed by atoms with Crippen LogP contribution in [0.5, 0.6) is 0 Å². The zero-order valence-corrected chi connectivity index (χ0v) is 17.5. The lowest BCUT2D eigenvalue weighted by atomic mass is 9.82. The molecule has 2 atom stereocenters. The monoisotopic (exact) mass is 411 g/mol. The number of hydrogen-bond acceptors (Lipinski definition) is 5. The first-order chi connectivity index (χ1) is 14.0. The Bertz CT molecular complexity index is 1190. The molecule has 0 bridgehead atoms. The van der Waals surface area contributed by atoms with E-state index in [1.54, 1.807) is 0 Å². The summed E-state index contributed by atoms with van der Waals surface area (Å²) in [7, 11) is 2.18. The van der Waals surface area contributed by atoms with E-state index < -0.39 is 5.91 Å². The highest BCUT2D eigenvalue weighted by Gasteiger charge is 2.25. The molecule has 7 nitrogen and oxygen atoms in total. The van der Waals surface area contributed by atoms with Crippen molar-refractivity contribution in [3.63, 3.8) is 0 Å². The van der Waals surface area contributed by atoms with E-state index in [2.05, 4.69) is 36.5 Å². The third-order valence-electron chi connectivity index (χ3n) is 5.54. The molecule has 4 aromatic heterocycles. The predicted octanol–water partition coefficient (Wildman–Crippen LogP) is 3.83. The van der Waals surface area contributed by atoms with E-state index in [0.717, 1.165) is 46.9 Å². The number of aromatic nitrogens is 6. The largest absolute Gasteiger partial charge is 0.350 e. The number of rotatable bonds is 5. The minimum absolute atomic E-state index is 0.206. The van der Waals surface area contributed by atoms with E-state index >= 15 is 0 Å². The quantitative estimate of drug-likeness (QED) is 0.506. The molecule has 1 fully saturated rings. The summed E-state index contributed by atoms with van der Waals surface area (Å²) in [5.74, 6) is 1.11. The molecule has 0 radical (unpaired) electrons. The van der Waals surface area contributed by atoms with E-state index in [1.807, 2.05) is 46.6 Å². The summed E-state index contributed by atoms with van der Waals surface area (Å²) in [5, 5.41) is 7.98. The standard InChI is InChI=1S/C20H23FN7P/c1-11-7-13(8-11)24-20-22-9-17-14(5-6-28(17)26-20)15-3-4-16-19(25-15)27(10-18(21)29)12(2)23-16/h3-6,9,11,13,18H,7-8,10,29H2,1-2H3,(H,24,26)/t11-,13+,18?. The zero-order valence-electron chi connectivity index (χ0n) is 16.4. The molecule has 0 aliphatic heterocycles. The van der Waals surface area contributed by atoms with Gasteiger partial charge in [-0.3, -0.25) is 0 Å². The van der Waals surface area contributed by atoms with Crippen molar-refractivity contribution >= 4 is 31.9 Å². The van der Waals surface area contributed by atoms with Gasteiger partial charge in [0.1, 0.15) is 17.3 Å². The molecule has 0 amide bonds. The van der Waals surface area contributed by atoms with E-state index in [-0.39, 0.29) is 6.54 Å². The van der Waals surface area contributed by atoms with Crippen molar-refractivity contribution in [2.24, 2.45) is 5.92 Å². The zero-order chi connectivity index (χ0) is 20.1. The summed E-state index contributed by atoms with van der Waals surface area (Å²) in [5.41, 5.74) is 4.04. The number of alkyl halides is 1. The Kier molecular flexibility index (Phi) is 4.46. The lowest BCUT2D eigenvalue weighted by Gasteiger charge is -2.33. The van der Waals surface area contributed by atoms with Gasteiger partial charge < -0.3 is 9.88 Å². The minimum Gasteiger partial charge on any atom is -0.350 e. The molecule has 29 heavy (non-hydrogen) atoms. The fourth-order valence-corrected chi connectivity index (χ4v) is 4.25. The van der Waals surface area contributed by atoms with Gasteiger partial charge in [-0.15, -0.1) is 5.10 Å². The first-order valence-corrected chi connectivity index (χ1v) is 10.5. The van der Waals surface area contributed by atoms with Crippen LogP contribution in [0.15, 0.2) is 30.6 Å². The van der Waals surface area contributed by atoms with Gasteiger partial charge in [-0.05, 0) is 43.9 Å². The average molecular weight is 411 g/mol. The summed E-state index contributed by atoms with van der Waals surface area (Å²) in [6.45, 7) is 4.33. The van der Waals surface area contributed by atoms with Crippen LogP contribution in [-0.2, 0) is 6.54 Å². The number of imidazole rings is 1. The summed E-state index contributed by atoms with van der Waals surface area (Å²) >= 11 is 0. The first kappa shape index (κ1) is 18.4. The third-order valence-corrected chi connectivity index (χ3v) is 5.75. The third kappa shape index (κ3) is 3.35. The molecule has 1 aliphatic rings. The molecular formula is C20H23FN7P. The van der Waals surface area contributed by atoms with Gasteiger partial charge in [0.15, 0.2) is 5.65 Å². The Morgan fingerprint density at radius 1 is 1.28 bits per heavy atom. The Labute approximate surface area is 170 Å². The Hall–Kier alpha value is -2.60. The molecule has 0 saturated heterocycles. The SMILES string of the molecule is Cc1nc2ccc(-c3ccn4nc(N[C@H]5C[C@@H](C)C5)ncc34)nc2n1CC(F)P. The second-order valence-electron chi connectivity index (χ2n) is 7.88. The summed E-state index contributed by atoms with van der Waals surface area (Å²) in [4.78, 5) is 13.8. The normalized spacial score (nSPS) is 20.1. The molecule has 150 valence electrons. The summed E-state index contributed by atoms with van der Waals surface area (Å²) in [6, 6.07) is 6.30. The smallest absolute Gasteiger partial charge is 0.241 e. The molecule has 1 aliphatic carbocycles. The fraction of sp³-hybridized carbons (Fsp3) is 0.400. The highest BCUT2D eigenvalue weighted by Crippen LogP contribution is 2.29. The molecule has 5 rings (SSSR count). The van der Waals surface area contributed by atoms with Crippen LogP contribution in [0.4, 0.5) is 10.3 Å². The summed E-state index contributed by atoms with van der Waals surface area (Å²) < 4.78 is 17.2. The molecule has 4 aromatic rings. The maximum Gasteiger partial charge on any atom is 0.241 e. The van der Waals surface area contributed by atoms with Crippen LogP contribution in [0.2, 0.25) is 0 Å². The first-order valence-electron chi connectivity index (χ1n) is 9.83. The number of hydrogen-bond donors (Lipinski definition) is 1. The molecule has 9 heteroatoms. The predicted molar refractivity (Wildman–Crippen MR) is 115 cm³/mol. The van der Waals surface area contributed by atoms with Crippen LogP contribution in [-0.4, -0.2) is 41.1 Å². The lowest BCUT2D eigenvalue weighted by molar-refractivity contribution is 0.307. The van der Waals surface area contributed by atoms with Gasteiger partial charge in [0.05, 0.1) is 24.0 Å². The maximum atomic E-state index is 13.6. The van der Waals surface area contributed by atoms with Gasteiger partial charge in [-0.25, -0.2) is 23.9 Å². The van der Waals surface area contributed by atoms with E-state index in [1.165, 1.54) is 0 Å². The van der Waals surface area contributed by atoms with E-state index in [0.29, 0.717) is 17.6 Å². The Balaban J connectivity index is 1.50. The highest BCUT2D eigenvalue weighted by molar-refractivity contribution is 7.17. The Morgan fingerprint density at radius 3 is 2.86 bits per heavy atom. The number of fused-ring (bicyclic) bond motifs is 2. The van der Waals surface area contributed by atoms with Gasteiger partial charge >= 0.3 is 0 Å². The van der Waals surface area contributed by atoms with Crippen molar-refractivity contribution in [1.29, 1.82) is 0 Å². The number of aryl methyl sites for hydroxylation is 1. The highest BCUT2D eigenvalue weighted by atomic mass is 31.0. The van der Waals surface area contributed by atoms with Crippen LogP contribution in [0.25, 0.3) is 27.9 Å². The molecule has 1 N–H and O–H groups in total. The Morgan fingerprint density at radius 2 is 2.10 bits per heavy atom. The number of nitrogens with zero attached hydrogens (tertiary/aromatic N) is 6. The second kappa shape index (κ2) is 7.02. The van der Waals surface area contributed by atoms with Crippen LogP contribution in [0.3, 0.4) is 0 Å². The van der Waals surface area contributed by atoms with Crippen LogP contribution in [0, 0.1) is 12.8 Å². The van der Waals surface area contributed by atoms with E-state index in [4.69, 9.17) is 4.98 Å². The maximum absolute atomic E-state index is 13.6. The van der Waals surface area contributed by atoms with Gasteiger partial charge in [-0.2, -0.15) is 0 Å². The molecule has 2 unspecified atom stereocenters. The number of anilines is 1. The van der Waals surface area contributed by atoms with Crippen molar-refractivity contribution in [2.75, 3.05) is 5.32 Å². The van der Waals surface area contributed by atoms with Gasteiger partial charge in [0.25, 0.3) is 0 Å². The van der Waals surface area contributed by atoms with Crippen molar-refractivity contribution in [3.8, 4) is 11.3 Å². The van der Waals surface area contributed by atoms with Crippen LogP contribution < -0.4 is 5.32 Å². The molecule has 1 saturated carbocycles. The fourth-order valence-electron chi connectivity index (χ4n) is 4.04. The van der Waals surface area contributed by atoms with Crippen LogP contribution in [0.1, 0.15) is 25.6 Å². The second-order valence-corrected chi connectivity index (χ2v) is 8.61. The lowest BCUT2D eigenvalue weighted by Crippen LogP contribution is -2.34. The average Bonchev–Trinajstić information content (AvgIpc) is 3.21. The van der Waals surface area contributed by atoms with Gasteiger partial charge in [0, 0.05) is 17.8 Å². The van der Waals surface area contributed by atoms with Crippen molar-refractivity contribution in [3.05, 3.63) is 36.4 Å². The molecule has 0 aromatic carbocycles. The number of halogens is 1.